The minimum atomic E-state index is -0.0550. The molecule has 0 aromatic carbocycles. The quantitative estimate of drug-likeness (QED) is 0.607. The van der Waals surface area contributed by atoms with Gasteiger partial charge in [-0.15, -0.1) is 0 Å². The predicted octanol–water partition coefficient (Wildman–Crippen LogP) is 2.57. The molecule has 1 fully saturated rings. The first-order chi connectivity index (χ1) is 5.74. The second-order valence-electron chi connectivity index (χ2n) is 3.69. The van der Waals surface area contributed by atoms with Gasteiger partial charge in [0.25, 0.3) is 0 Å². The van der Waals surface area contributed by atoms with E-state index < -0.39 is 0 Å². The Morgan fingerprint density at radius 3 is 2.25 bits per heavy atom. The molecule has 1 aliphatic carbocycles. The summed E-state index contributed by atoms with van der Waals surface area (Å²) in [5.74, 6) is 0.766. The first kappa shape index (κ1) is 10.0. The lowest BCUT2D eigenvalue weighted by molar-refractivity contribution is -0.151. The minimum absolute atomic E-state index is 0.0550. The zero-order chi connectivity index (χ0) is 8.97. The highest BCUT2D eigenvalue weighted by Crippen LogP contribution is 2.29. The third-order valence-corrected chi connectivity index (χ3v) is 2.80. The Bertz CT molecular complexity index is 119. The van der Waals surface area contributed by atoms with Crippen molar-refractivity contribution in [2.24, 2.45) is 5.92 Å². The fourth-order valence-electron chi connectivity index (χ4n) is 1.90. The Hall–Kier alpha value is -0.0800. The maximum Gasteiger partial charge on any atom is 0.154 e. The van der Waals surface area contributed by atoms with Gasteiger partial charge in [0.1, 0.15) is 0 Å². The number of rotatable bonds is 4. The van der Waals surface area contributed by atoms with Crippen LogP contribution >= 0.6 is 0 Å². The molecule has 0 radical (unpaired) electrons. The number of hydrogen-bond acceptors (Lipinski definition) is 2. The van der Waals surface area contributed by atoms with E-state index in [4.69, 9.17) is 9.47 Å². The van der Waals surface area contributed by atoms with Gasteiger partial charge in [-0.05, 0) is 32.6 Å². The molecule has 72 valence electrons. The lowest BCUT2D eigenvalue weighted by Gasteiger charge is -2.22. The maximum absolute atomic E-state index is 5.66. The molecule has 2 heteroatoms. The zero-order valence-corrected chi connectivity index (χ0v) is 8.38. The molecule has 2 nitrogen and oxygen atoms in total. The molecule has 1 aliphatic rings. The van der Waals surface area contributed by atoms with Crippen LogP contribution in [-0.4, -0.2) is 19.5 Å². The number of methoxy groups -OCH3 is 1. The first-order valence-corrected chi connectivity index (χ1v) is 4.92. The summed E-state index contributed by atoms with van der Waals surface area (Å²) in [7, 11) is 1.69. The molecule has 2 atom stereocenters. The molecule has 0 N–H and O–H groups in total. The van der Waals surface area contributed by atoms with Crippen LogP contribution < -0.4 is 0 Å². The van der Waals surface area contributed by atoms with Crippen LogP contribution in [-0.2, 0) is 9.47 Å². The fourth-order valence-corrected chi connectivity index (χ4v) is 1.90. The molecule has 0 amide bonds. The molecule has 0 heterocycles. The molecule has 0 aliphatic heterocycles. The molecule has 1 saturated carbocycles. The monoisotopic (exact) mass is 172 g/mol. The van der Waals surface area contributed by atoms with E-state index in [0.717, 1.165) is 5.92 Å². The van der Waals surface area contributed by atoms with Crippen molar-refractivity contribution in [3.8, 4) is 0 Å². The summed E-state index contributed by atoms with van der Waals surface area (Å²) in [6, 6.07) is 0. The van der Waals surface area contributed by atoms with E-state index in [2.05, 4.69) is 6.92 Å². The normalized spacial score (nSPS) is 24.2. The standard InChI is InChI=1S/C10H20O2/c1-8(12-9(2)11-3)10-6-4-5-7-10/h8-10H,4-7H2,1-3H3. The van der Waals surface area contributed by atoms with Gasteiger partial charge in [0, 0.05) is 7.11 Å². The van der Waals surface area contributed by atoms with E-state index in [1.54, 1.807) is 7.11 Å². The van der Waals surface area contributed by atoms with Crippen molar-refractivity contribution in [3.63, 3.8) is 0 Å². The fraction of sp³-hybridized carbons (Fsp3) is 1.00. The number of hydrogen-bond donors (Lipinski definition) is 0. The molecule has 12 heavy (non-hydrogen) atoms. The van der Waals surface area contributed by atoms with Crippen molar-refractivity contribution in [1.29, 1.82) is 0 Å². The summed E-state index contributed by atoms with van der Waals surface area (Å²) in [6.45, 7) is 4.11. The van der Waals surface area contributed by atoms with Gasteiger partial charge in [-0.2, -0.15) is 0 Å². The van der Waals surface area contributed by atoms with E-state index in [0.29, 0.717) is 6.10 Å². The van der Waals surface area contributed by atoms with E-state index in [1.165, 1.54) is 25.7 Å². The SMILES string of the molecule is COC(C)OC(C)C1CCCC1. The van der Waals surface area contributed by atoms with Gasteiger partial charge in [-0.25, -0.2) is 0 Å². The molecule has 0 aromatic rings. The molecule has 0 bridgehead atoms. The Morgan fingerprint density at radius 2 is 1.75 bits per heavy atom. The van der Waals surface area contributed by atoms with Crippen molar-refractivity contribution in [2.45, 2.75) is 51.9 Å². The zero-order valence-electron chi connectivity index (χ0n) is 8.38. The Kier molecular flexibility index (Phi) is 4.02. The van der Waals surface area contributed by atoms with Crippen LogP contribution in [0.4, 0.5) is 0 Å². The second-order valence-corrected chi connectivity index (χ2v) is 3.69. The van der Waals surface area contributed by atoms with Crippen LogP contribution in [0.25, 0.3) is 0 Å². The van der Waals surface area contributed by atoms with Gasteiger partial charge in [-0.3, -0.25) is 0 Å². The maximum atomic E-state index is 5.66. The molecular weight excluding hydrogens is 152 g/mol. The average Bonchev–Trinajstić information content (AvgIpc) is 2.56. The molecule has 1 rings (SSSR count). The average molecular weight is 172 g/mol. The lowest BCUT2D eigenvalue weighted by Crippen LogP contribution is -2.24. The lowest BCUT2D eigenvalue weighted by atomic mass is 10.0. The largest absolute Gasteiger partial charge is 0.356 e. The summed E-state index contributed by atoms with van der Waals surface area (Å²) in [4.78, 5) is 0. The van der Waals surface area contributed by atoms with E-state index >= 15 is 0 Å². The smallest absolute Gasteiger partial charge is 0.154 e. The highest BCUT2D eigenvalue weighted by molar-refractivity contribution is 4.72. The van der Waals surface area contributed by atoms with Crippen molar-refractivity contribution in [3.05, 3.63) is 0 Å². The van der Waals surface area contributed by atoms with Crippen molar-refractivity contribution in [2.75, 3.05) is 7.11 Å². The van der Waals surface area contributed by atoms with Crippen molar-refractivity contribution in [1.82, 2.24) is 0 Å². The minimum Gasteiger partial charge on any atom is -0.356 e. The molecule has 2 unspecified atom stereocenters. The Balaban J connectivity index is 2.21. The second kappa shape index (κ2) is 4.83. The molecule has 0 spiro atoms. The summed E-state index contributed by atoms with van der Waals surface area (Å²) >= 11 is 0. The third-order valence-electron chi connectivity index (χ3n) is 2.80. The highest BCUT2D eigenvalue weighted by atomic mass is 16.7. The van der Waals surface area contributed by atoms with Crippen molar-refractivity contribution < 1.29 is 9.47 Å². The van der Waals surface area contributed by atoms with Crippen LogP contribution in [0, 0.1) is 5.92 Å². The van der Waals surface area contributed by atoms with E-state index in [1.807, 2.05) is 6.92 Å². The number of ether oxygens (including phenoxy) is 2. The molecule has 0 aromatic heterocycles. The van der Waals surface area contributed by atoms with Gasteiger partial charge >= 0.3 is 0 Å². The molecular formula is C10H20O2. The van der Waals surface area contributed by atoms with Crippen LogP contribution in [0.2, 0.25) is 0 Å². The van der Waals surface area contributed by atoms with Gasteiger partial charge in [-0.1, -0.05) is 12.8 Å². The summed E-state index contributed by atoms with van der Waals surface area (Å²) < 4.78 is 10.7. The van der Waals surface area contributed by atoms with E-state index in [-0.39, 0.29) is 6.29 Å². The van der Waals surface area contributed by atoms with Crippen LogP contribution in [0.5, 0.6) is 0 Å². The Labute approximate surface area is 75.2 Å². The highest BCUT2D eigenvalue weighted by Gasteiger charge is 2.23. The van der Waals surface area contributed by atoms with Gasteiger partial charge in [0.05, 0.1) is 6.10 Å². The topological polar surface area (TPSA) is 18.5 Å². The van der Waals surface area contributed by atoms with Gasteiger partial charge in [0.15, 0.2) is 6.29 Å². The summed E-state index contributed by atoms with van der Waals surface area (Å²) in [5.41, 5.74) is 0. The van der Waals surface area contributed by atoms with Crippen LogP contribution in [0.3, 0.4) is 0 Å². The van der Waals surface area contributed by atoms with Crippen LogP contribution in [0.15, 0.2) is 0 Å². The van der Waals surface area contributed by atoms with Gasteiger partial charge in [0.2, 0.25) is 0 Å². The predicted molar refractivity (Wildman–Crippen MR) is 49.0 cm³/mol. The van der Waals surface area contributed by atoms with Gasteiger partial charge < -0.3 is 9.47 Å². The summed E-state index contributed by atoms with van der Waals surface area (Å²) in [5, 5.41) is 0. The molecule has 0 saturated heterocycles. The first-order valence-electron chi connectivity index (χ1n) is 4.92. The Morgan fingerprint density at radius 1 is 1.17 bits per heavy atom. The van der Waals surface area contributed by atoms with Crippen molar-refractivity contribution >= 4 is 0 Å². The van der Waals surface area contributed by atoms with Crippen LogP contribution in [0.1, 0.15) is 39.5 Å². The third kappa shape index (κ3) is 2.76. The summed E-state index contributed by atoms with van der Waals surface area (Å²) in [6.07, 6.45) is 5.72. The van der Waals surface area contributed by atoms with E-state index in [9.17, 15) is 0 Å².